The lowest BCUT2D eigenvalue weighted by molar-refractivity contribution is 0.174. The molecule has 0 saturated carbocycles. The second-order valence-corrected chi connectivity index (χ2v) is 7.17. The van der Waals surface area contributed by atoms with E-state index in [4.69, 9.17) is 14.5 Å². The SMILES string of the molecule is Cc1ccc(C)c(N=c2scc(C)n2Cc2ccc3c(c2)OCO3)c1. The van der Waals surface area contributed by atoms with Crippen molar-refractivity contribution in [1.82, 2.24) is 4.57 Å². The van der Waals surface area contributed by atoms with E-state index in [1.807, 2.05) is 12.1 Å². The summed E-state index contributed by atoms with van der Waals surface area (Å²) in [7, 11) is 0. The van der Waals surface area contributed by atoms with Gasteiger partial charge < -0.3 is 14.0 Å². The van der Waals surface area contributed by atoms with Crippen LogP contribution in [0.25, 0.3) is 0 Å². The second-order valence-electron chi connectivity index (χ2n) is 6.34. The van der Waals surface area contributed by atoms with Crippen LogP contribution in [-0.4, -0.2) is 11.4 Å². The molecule has 1 aliphatic heterocycles. The summed E-state index contributed by atoms with van der Waals surface area (Å²) in [6, 6.07) is 12.5. The molecule has 5 heteroatoms. The Bertz CT molecular complexity index is 1000. The van der Waals surface area contributed by atoms with Gasteiger partial charge in [-0.05, 0) is 55.7 Å². The van der Waals surface area contributed by atoms with Crippen molar-refractivity contribution in [2.45, 2.75) is 27.3 Å². The zero-order chi connectivity index (χ0) is 17.4. The highest BCUT2D eigenvalue weighted by atomic mass is 32.1. The fourth-order valence-electron chi connectivity index (χ4n) is 2.86. The molecule has 0 fully saturated rings. The molecule has 0 radical (unpaired) electrons. The van der Waals surface area contributed by atoms with Crippen LogP contribution < -0.4 is 14.3 Å². The maximum atomic E-state index is 5.49. The third kappa shape index (κ3) is 3.20. The van der Waals surface area contributed by atoms with Crippen LogP contribution in [0.4, 0.5) is 5.69 Å². The number of rotatable bonds is 3. The van der Waals surface area contributed by atoms with Gasteiger partial charge in [0, 0.05) is 11.1 Å². The van der Waals surface area contributed by atoms with E-state index in [-0.39, 0.29) is 0 Å². The number of thiazole rings is 1. The van der Waals surface area contributed by atoms with Crippen LogP contribution >= 0.6 is 11.3 Å². The van der Waals surface area contributed by atoms with Gasteiger partial charge in [-0.25, -0.2) is 4.99 Å². The molecule has 0 aliphatic carbocycles. The minimum Gasteiger partial charge on any atom is -0.454 e. The Hall–Kier alpha value is -2.53. The van der Waals surface area contributed by atoms with Crippen LogP contribution in [0.2, 0.25) is 0 Å². The first-order valence-electron chi connectivity index (χ1n) is 8.25. The van der Waals surface area contributed by atoms with Gasteiger partial charge in [-0.15, -0.1) is 11.3 Å². The third-order valence-electron chi connectivity index (χ3n) is 4.35. The van der Waals surface area contributed by atoms with Gasteiger partial charge in [0.1, 0.15) is 0 Å². The number of aromatic nitrogens is 1. The normalized spacial score (nSPS) is 13.5. The average molecular weight is 352 g/mol. The molecule has 3 aromatic rings. The van der Waals surface area contributed by atoms with Crippen LogP contribution in [0.5, 0.6) is 11.5 Å². The van der Waals surface area contributed by atoms with Gasteiger partial charge in [-0.1, -0.05) is 18.2 Å². The van der Waals surface area contributed by atoms with Gasteiger partial charge in [-0.3, -0.25) is 0 Å². The summed E-state index contributed by atoms with van der Waals surface area (Å²) in [5.74, 6) is 1.63. The maximum Gasteiger partial charge on any atom is 0.231 e. The monoisotopic (exact) mass is 352 g/mol. The first kappa shape index (κ1) is 16.0. The zero-order valence-corrected chi connectivity index (χ0v) is 15.4. The molecule has 2 heterocycles. The van der Waals surface area contributed by atoms with Crippen LogP contribution in [0, 0.1) is 20.8 Å². The first-order chi connectivity index (χ1) is 12.1. The van der Waals surface area contributed by atoms with Crippen molar-refractivity contribution in [2.24, 2.45) is 4.99 Å². The predicted molar refractivity (Wildman–Crippen MR) is 99.9 cm³/mol. The van der Waals surface area contributed by atoms with E-state index in [0.29, 0.717) is 6.79 Å². The standard InChI is InChI=1S/C20H20N2O2S/c1-13-4-5-14(2)17(8-13)21-20-22(15(3)11-25-20)10-16-6-7-18-19(9-16)24-12-23-18/h4-9,11H,10,12H2,1-3H3. The number of nitrogens with zero attached hydrogens (tertiary/aromatic N) is 2. The van der Waals surface area contributed by atoms with Gasteiger partial charge in [0.15, 0.2) is 16.3 Å². The van der Waals surface area contributed by atoms with Crippen LogP contribution in [-0.2, 0) is 6.54 Å². The summed E-state index contributed by atoms with van der Waals surface area (Å²) in [6.07, 6.45) is 0. The molecule has 1 aromatic heterocycles. The Morgan fingerprint density at radius 1 is 1.04 bits per heavy atom. The van der Waals surface area contributed by atoms with E-state index >= 15 is 0 Å². The third-order valence-corrected chi connectivity index (χ3v) is 5.33. The predicted octanol–water partition coefficient (Wildman–Crippen LogP) is 4.48. The highest BCUT2D eigenvalue weighted by molar-refractivity contribution is 7.07. The summed E-state index contributed by atoms with van der Waals surface area (Å²) in [4.78, 5) is 5.92. The number of hydrogen-bond donors (Lipinski definition) is 0. The van der Waals surface area contributed by atoms with Crippen molar-refractivity contribution in [1.29, 1.82) is 0 Å². The highest BCUT2D eigenvalue weighted by Crippen LogP contribution is 2.32. The fourth-order valence-corrected chi connectivity index (χ4v) is 3.75. The summed E-state index contributed by atoms with van der Waals surface area (Å²) in [5, 5.41) is 2.15. The van der Waals surface area contributed by atoms with Gasteiger partial charge in [0.05, 0.1) is 12.2 Å². The number of ether oxygens (including phenoxy) is 2. The Morgan fingerprint density at radius 3 is 2.76 bits per heavy atom. The largest absolute Gasteiger partial charge is 0.454 e. The highest BCUT2D eigenvalue weighted by Gasteiger charge is 2.14. The molecule has 0 unspecified atom stereocenters. The molecule has 25 heavy (non-hydrogen) atoms. The van der Waals surface area contributed by atoms with Gasteiger partial charge in [0.25, 0.3) is 0 Å². The second kappa shape index (κ2) is 6.41. The number of fused-ring (bicyclic) bond motifs is 1. The van der Waals surface area contributed by atoms with Crippen molar-refractivity contribution in [3.8, 4) is 11.5 Å². The van der Waals surface area contributed by atoms with E-state index in [0.717, 1.165) is 28.5 Å². The van der Waals surface area contributed by atoms with E-state index < -0.39 is 0 Å². The molecule has 2 aromatic carbocycles. The van der Waals surface area contributed by atoms with Crippen LogP contribution in [0.1, 0.15) is 22.4 Å². The van der Waals surface area contributed by atoms with E-state index in [9.17, 15) is 0 Å². The molecule has 0 spiro atoms. The Labute approximate surface area is 151 Å². The summed E-state index contributed by atoms with van der Waals surface area (Å²) in [5.41, 5.74) is 5.81. The smallest absolute Gasteiger partial charge is 0.231 e. The van der Waals surface area contributed by atoms with Crippen LogP contribution in [0.15, 0.2) is 46.8 Å². The first-order valence-corrected chi connectivity index (χ1v) is 9.13. The molecule has 4 nitrogen and oxygen atoms in total. The molecule has 4 rings (SSSR count). The van der Waals surface area contributed by atoms with E-state index in [1.165, 1.54) is 22.4 Å². The molecule has 1 aliphatic rings. The van der Waals surface area contributed by atoms with E-state index in [2.05, 4.69) is 55.0 Å². The molecule has 128 valence electrons. The molecule has 0 bridgehead atoms. The lowest BCUT2D eigenvalue weighted by atomic mass is 10.1. The van der Waals surface area contributed by atoms with Gasteiger partial charge >= 0.3 is 0 Å². The topological polar surface area (TPSA) is 35.8 Å². The molecular weight excluding hydrogens is 332 g/mol. The summed E-state index contributed by atoms with van der Waals surface area (Å²) < 4.78 is 13.1. The zero-order valence-electron chi connectivity index (χ0n) is 14.6. The molecule has 0 N–H and O–H groups in total. The fraction of sp³-hybridized carbons (Fsp3) is 0.250. The minimum absolute atomic E-state index is 0.302. The van der Waals surface area contributed by atoms with Gasteiger partial charge in [-0.2, -0.15) is 0 Å². The van der Waals surface area contributed by atoms with Gasteiger partial charge in [0.2, 0.25) is 6.79 Å². The van der Waals surface area contributed by atoms with E-state index in [1.54, 1.807) is 11.3 Å². The lowest BCUT2D eigenvalue weighted by Gasteiger charge is -2.08. The Kier molecular flexibility index (Phi) is 4.09. The molecule has 0 atom stereocenters. The summed E-state index contributed by atoms with van der Waals surface area (Å²) in [6.45, 7) is 7.37. The summed E-state index contributed by atoms with van der Waals surface area (Å²) >= 11 is 1.67. The number of aryl methyl sites for hydroxylation is 3. The lowest BCUT2D eigenvalue weighted by Crippen LogP contribution is -2.16. The quantitative estimate of drug-likeness (QED) is 0.696. The molecule has 0 saturated heterocycles. The van der Waals surface area contributed by atoms with Crippen molar-refractivity contribution < 1.29 is 9.47 Å². The average Bonchev–Trinajstić information content (AvgIpc) is 3.19. The minimum atomic E-state index is 0.302. The van der Waals surface area contributed by atoms with Crippen molar-refractivity contribution in [3.63, 3.8) is 0 Å². The number of hydrogen-bond acceptors (Lipinski definition) is 4. The Morgan fingerprint density at radius 2 is 1.88 bits per heavy atom. The Balaban J connectivity index is 1.73. The maximum absolute atomic E-state index is 5.49. The van der Waals surface area contributed by atoms with Crippen molar-refractivity contribution in [3.05, 3.63) is 69.0 Å². The molecule has 0 amide bonds. The number of benzene rings is 2. The van der Waals surface area contributed by atoms with Crippen molar-refractivity contribution in [2.75, 3.05) is 6.79 Å². The van der Waals surface area contributed by atoms with Crippen LogP contribution in [0.3, 0.4) is 0 Å². The molecular formula is C20H20N2O2S. The van der Waals surface area contributed by atoms with Crippen molar-refractivity contribution >= 4 is 17.0 Å².